The summed E-state index contributed by atoms with van der Waals surface area (Å²) in [4.78, 5) is 0. The lowest BCUT2D eigenvalue weighted by molar-refractivity contribution is 0.512. The largest absolute Gasteiger partial charge is 0.381 e. The summed E-state index contributed by atoms with van der Waals surface area (Å²) in [6.07, 6.45) is 0. The van der Waals surface area contributed by atoms with Crippen LogP contribution in [0.5, 0.6) is 0 Å². The van der Waals surface area contributed by atoms with Crippen LogP contribution in [0.3, 0.4) is 0 Å². The highest BCUT2D eigenvalue weighted by Crippen LogP contribution is 2.27. The molecule has 1 rings (SSSR count). The molecule has 0 radical (unpaired) electrons. The first-order valence-corrected chi connectivity index (χ1v) is 5.01. The van der Waals surface area contributed by atoms with Crippen molar-refractivity contribution in [2.75, 3.05) is 18.5 Å². The predicted molar refractivity (Wildman–Crippen MR) is 58.1 cm³/mol. The Morgan fingerprint density at radius 1 is 1.38 bits per heavy atom. The molecule has 0 fully saturated rings. The molecule has 0 aliphatic rings. The van der Waals surface area contributed by atoms with Gasteiger partial charge in [0.05, 0.1) is 5.69 Å². The number of rotatable bonds is 3. The topological polar surface area (TPSA) is 12.0 Å². The molecule has 3 heteroatoms. The predicted octanol–water partition coefficient (Wildman–Crippen LogP) is 3.45. The van der Waals surface area contributed by atoms with Crippen molar-refractivity contribution in [3.63, 3.8) is 0 Å². The molecule has 1 aromatic carbocycles. The van der Waals surface area contributed by atoms with Crippen molar-refractivity contribution in [3.05, 3.63) is 27.7 Å². The number of hydrogen-bond donors (Lipinski definition) is 1. The Morgan fingerprint density at radius 2 is 2.08 bits per heavy atom. The molecule has 0 bridgehead atoms. The molecule has 0 unspecified atom stereocenters. The second kappa shape index (κ2) is 4.61. The summed E-state index contributed by atoms with van der Waals surface area (Å²) in [5.74, 6) is 0. The van der Waals surface area contributed by atoms with Gasteiger partial charge < -0.3 is 5.32 Å². The van der Waals surface area contributed by atoms with Gasteiger partial charge in [-0.25, -0.2) is 4.39 Å². The highest BCUT2D eigenvalue weighted by Gasteiger charge is 2.03. The van der Waals surface area contributed by atoms with Gasteiger partial charge in [-0.05, 0) is 47.0 Å². The van der Waals surface area contributed by atoms with Gasteiger partial charge in [0, 0.05) is 11.0 Å². The van der Waals surface area contributed by atoms with Crippen LogP contribution in [0.1, 0.15) is 11.1 Å². The molecule has 1 aromatic rings. The molecule has 0 aliphatic heterocycles. The van der Waals surface area contributed by atoms with Crippen LogP contribution in [-0.4, -0.2) is 13.2 Å². The molecule has 72 valence electrons. The number of anilines is 1. The van der Waals surface area contributed by atoms with E-state index in [-0.39, 0.29) is 6.67 Å². The van der Waals surface area contributed by atoms with E-state index in [1.165, 1.54) is 5.56 Å². The maximum atomic E-state index is 11.9. The first kappa shape index (κ1) is 10.5. The number of hydrogen-bond acceptors (Lipinski definition) is 1. The van der Waals surface area contributed by atoms with Crippen LogP contribution in [0, 0.1) is 13.8 Å². The van der Waals surface area contributed by atoms with E-state index in [4.69, 9.17) is 0 Å². The van der Waals surface area contributed by atoms with Gasteiger partial charge in [0.1, 0.15) is 6.67 Å². The number of halogens is 2. The van der Waals surface area contributed by atoms with E-state index in [1.54, 1.807) is 0 Å². The van der Waals surface area contributed by atoms with Gasteiger partial charge in [-0.2, -0.15) is 0 Å². The zero-order valence-corrected chi connectivity index (χ0v) is 9.41. The van der Waals surface area contributed by atoms with Gasteiger partial charge in [-0.1, -0.05) is 6.07 Å². The first-order chi connectivity index (χ1) is 6.15. The van der Waals surface area contributed by atoms with Crippen molar-refractivity contribution in [3.8, 4) is 0 Å². The highest BCUT2D eigenvalue weighted by atomic mass is 79.9. The SMILES string of the molecule is Cc1cc(C)c(NCCF)c(Br)c1. The Bertz CT molecular complexity index is 276. The average Bonchev–Trinajstić information content (AvgIpc) is 2.02. The summed E-state index contributed by atoms with van der Waals surface area (Å²) in [5.41, 5.74) is 3.33. The Balaban J connectivity index is 2.92. The fourth-order valence-electron chi connectivity index (χ4n) is 1.31. The van der Waals surface area contributed by atoms with Gasteiger partial charge in [-0.15, -0.1) is 0 Å². The lowest BCUT2D eigenvalue weighted by Gasteiger charge is -2.11. The molecule has 0 saturated carbocycles. The van der Waals surface area contributed by atoms with E-state index >= 15 is 0 Å². The van der Waals surface area contributed by atoms with Crippen molar-refractivity contribution in [1.82, 2.24) is 0 Å². The van der Waals surface area contributed by atoms with Crippen LogP contribution in [0.4, 0.5) is 10.1 Å². The van der Waals surface area contributed by atoms with Crippen LogP contribution >= 0.6 is 15.9 Å². The van der Waals surface area contributed by atoms with Gasteiger partial charge >= 0.3 is 0 Å². The second-order valence-electron chi connectivity index (χ2n) is 3.05. The van der Waals surface area contributed by atoms with E-state index in [0.29, 0.717) is 6.54 Å². The molecule has 0 heterocycles. The molecular formula is C10H13BrFN. The van der Waals surface area contributed by atoms with Gasteiger partial charge in [0.2, 0.25) is 0 Å². The Labute approximate surface area is 86.5 Å². The molecule has 0 saturated heterocycles. The third-order valence-electron chi connectivity index (χ3n) is 1.83. The average molecular weight is 246 g/mol. The second-order valence-corrected chi connectivity index (χ2v) is 3.91. The fourth-order valence-corrected chi connectivity index (χ4v) is 2.13. The Morgan fingerprint density at radius 3 is 2.62 bits per heavy atom. The standard InChI is InChI=1S/C10H13BrFN/c1-7-5-8(2)10(9(11)6-7)13-4-3-12/h5-6,13H,3-4H2,1-2H3. The van der Waals surface area contributed by atoms with E-state index in [9.17, 15) is 4.39 Å². The Kier molecular flexibility index (Phi) is 3.72. The Hall–Kier alpha value is -0.570. The number of benzene rings is 1. The molecule has 1 N–H and O–H groups in total. The quantitative estimate of drug-likeness (QED) is 0.861. The van der Waals surface area contributed by atoms with Crippen LogP contribution < -0.4 is 5.32 Å². The fraction of sp³-hybridized carbons (Fsp3) is 0.400. The van der Waals surface area contributed by atoms with Crippen molar-refractivity contribution in [1.29, 1.82) is 0 Å². The minimum Gasteiger partial charge on any atom is -0.381 e. The summed E-state index contributed by atoms with van der Waals surface area (Å²) in [6.45, 7) is 4.07. The van der Waals surface area contributed by atoms with Gasteiger partial charge in [0.25, 0.3) is 0 Å². The summed E-state index contributed by atoms with van der Waals surface area (Å²) in [6, 6.07) is 4.10. The maximum Gasteiger partial charge on any atom is 0.107 e. The zero-order valence-electron chi connectivity index (χ0n) is 7.82. The van der Waals surface area contributed by atoms with E-state index in [2.05, 4.69) is 27.3 Å². The summed E-state index contributed by atoms with van der Waals surface area (Å²) < 4.78 is 12.9. The molecular weight excluding hydrogens is 233 g/mol. The maximum absolute atomic E-state index is 11.9. The number of nitrogens with one attached hydrogen (secondary N) is 1. The molecule has 0 amide bonds. The normalized spacial score (nSPS) is 10.2. The monoisotopic (exact) mass is 245 g/mol. The third kappa shape index (κ3) is 2.69. The van der Waals surface area contributed by atoms with Crippen molar-refractivity contribution >= 4 is 21.6 Å². The highest BCUT2D eigenvalue weighted by molar-refractivity contribution is 9.10. The zero-order chi connectivity index (χ0) is 9.84. The first-order valence-electron chi connectivity index (χ1n) is 4.21. The van der Waals surface area contributed by atoms with E-state index < -0.39 is 0 Å². The molecule has 13 heavy (non-hydrogen) atoms. The number of aryl methyl sites for hydroxylation is 2. The number of alkyl halides is 1. The molecule has 0 spiro atoms. The van der Waals surface area contributed by atoms with Crippen molar-refractivity contribution in [2.24, 2.45) is 0 Å². The van der Waals surface area contributed by atoms with E-state index in [1.807, 2.05) is 19.9 Å². The van der Waals surface area contributed by atoms with Crippen molar-refractivity contribution in [2.45, 2.75) is 13.8 Å². The summed E-state index contributed by atoms with van der Waals surface area (Å²) >= 11 is 3.44. The van der Waals surface area contributed by atoms with Crippen LogP contribution in [0.25, 0.3) is 0 Å². The van der Waals surface area contributed by atoms with Gasteiger partial charge in [0.15, 0.2) is 0 Å². The summed E-state index contributed by atoms with van der Waals surface area (Å²) in [7, 11) is 0. The molecule has 0 atom stereocenters. The molecule has 0 aliphatic carbocycles. The molecule has 0 aromatic heterocycles. The van der Waals surface area contributed by atoms with Crippen LogP contribution in [0.15, 0.2) is 16.6 Å². The van der Waals surface area contributed by atoms with Gasteiger partial charge in [-0.3, -0.25) is 0 Å². The third-order valence-corrected chi connectivity index (χ3v) is 2.45. The molecule has 1 nitrogen and oxygen atoms in total. The van der Waals surface area contributed by atoms with Crippen LogP contribution in [-0.2, 0) is 0 Å². The minimum absolute atomic E-state index is 0.347. The van der Waals surface area contributed by atoms with Crippen molar-refractivity contribution < 1.29 is 4.39 Å². The lowest BCUT2D eigenvalue weighted by Crippen LogP contribution is -2.05. The summed E-state index contributed by atoms with van der Waals surface area (Å²) in [5, 5.41) is 3.04. The lowest BCUT2D eigenvalue weighted by atomic mass is 10.1. The van der Waals surface area contributed by atoms with E-state index in [0.717, 1.165) is 15.7 Å². The minimum atomic E-state index is -0.347. The van der Waals surface area contributed by atoms with Crippen LogP contribution in [0.2, 0.25) is 0 Å². The smallest absolute Gasteiger partial charge is 0.107 e.